The molecule has 2 aromatic rings. The van der Waals surface area contributed by atoms with Gasteiger partial charge >= 0.3 is 0 Å². The van der Waals surface area contributed by atoms with Crippen LogP contribution in [0.1, 0.15) is 5.56 Å². The highest BCUT2D eigenvalue weighted by Gasteiger charge is 2.22. The number of aromatic nitrogens is 1. The minimum absolute atomic E-state index is 0.00353. The van der Waals surface area contributed by atoms with Gasteiger partial charge in [0, 0.05) is 36.0 Å². The van der Waals surface area contributed by atoms with Gasteiger partial charge < -0.3 is 14.8 Å². The van der Waals surface area contributed by atoms with Crippen molar-refractivity contribution in [3.63, 3.8) is 0 Å². The van der Waals surface area contributed by atoms with Crippen molar-refractivity contribution in [1.82, 2.24) is 15.6 Å². The van der Waals surface area contributed by atoms with Gasteiger partial charge in [0.1, 0.15) is 11.5 Å². The summed E-state index contributed by atoms with van der Waals surface area (Å²) in [5.74, 6) is 3.43. The molecule has 1 fully saturated rings. The third-order valence-corrected chi connectivity index (χ3v) is 4.53. The van der Waals surface area contributed by atoms with Crippen LogP contribution < -0.4 is 20.1 Å². The van der Waals surface area contributed by atoms with Crippen molar-refractivity contribution in [1.29, 1.82) is 0 Å². The number of carbonyl (C=O) groups is 1. The fourth-order valence-electron chi connectivity index (χ4n) is 2.30. The van der Waals surface area contributed by atoms with Crippen LogP contribution in [0.5, 0.6) is 17.4 Å². The molecule has 1 amide bonds. The van der Waals surface area contributed by atoms with Crippen LogP contribution in [0, 0.1) is 0 Å². The lowest BCUT2D eigenvalue weighted by Gasteiger charge is -2.13. The van der Waals surface area contributed by atoms with Crippen molar-refractivity contribution >= 4 is 17.7 Å². The van der Waals surface area contributed by atoms with Crippen LogP contribution in [0.4, 0.5) is 0 Å². The molecule has 0 radical (unpaired) electrons. The number of rotatable bonds is 6. The number of benzene rings is 1. The number of nitrogens with one attached hydrogen (secondary N) is 2. The standard InChI is InChI=1S/C17H19N3O3S/c1-22-13-5-2-6-14(8-13)23-17-12(4-3-7-18-17)9-19-16(21)15-10-24-11-20-15/h2-8,15,20H,9-11H2,1H3,(H,19,21). The highest BCUT2D eigenvalue weighted by atomic mass is 32.2. The molecule has 0 bridgehead atoms. The number of methoxy groups -OCH3 is 1. The van der Waals surface area contributed by atoms with Crippen molar-refractivity contribution in [2.24, 2.45) is 0 Å². The van der Waals surface area contributed by atoms with Gasteiger partial charge in [0.25, 0.3) is 0 Å². The molecule has 7 heteroatoms. The molecule has 126 valence electrons. The first-order valence-electron chi connectivity index (χ1n) is 7.61. The molecule has 0 spiro atoms. The normalized spacial score (nSPS) is 16.6. The smallest absolute Gasteiger partial charge is 0.238 e. The SMILES string of the molecule is COc1cccc(Oc2ncccc2CNC(=O)C2CSCN2)c1. The molecule has 1 saturated heterocycles. The van der Waals surface area contributed by atoms with Crippen molar-refractivity contribution in [2.75, 3.05) is 18.7 Å². The molecule has 0 aliphatic carbocycles. The summed E-state index contributed by atoms with van der Waals surface area (Å²) in [4.78, 5) is 16.4. The zero-order valence-electron chi connectivity index (χ0n) is 13.3. The molecule has 1 aromatic heterocycles. The Kier molecular flexibility index (Phi) is 5.55. The summed E-state index contributed by atoms with van der Waals surface area (Å²) >= 11 is 1.72. The Hall–Kier alpha value is -2.25. The van der Waals surface area contributed by atoms with Crippen LogP contribution in [-0.2, 0) is 11.3 Å². The largest absolute Gasteiger partial charge is 0.497 e. The van der Waals surface area contributed by atoms with Gasteiger partial charge in [-0.15, -0.1) is 11.8 Å². The van der Waals surface area contributed by atoms with E-state index in [-0.39, 0.29) is 11.9 Å². The Morgan fingerprint density at radius 2 is 2.25 bits per heavy atom. The van der Waals surface area contributed by atoms with E-state index >= 15 is 0 Å². The average Bonchev–Trinajstić information content (AvgIpc) is 3.16. The van der Waals surface area contributed by atoms with E-state index in [4.69, 9.17) is 9.47 Å². The first-order valence-corrected chi connectivity index (χ1v) is 8.76. The molecule has 6 nitrogen and oxygen atoms in total. The lowest BCUT2D eigenvalue weighted by atomic mass is 10.2. The minimum atomic E-state index is -0.130. The molecule has 1 aliphatic rings. The predicted molar refractivity (Wildman–Crippen MR) is 93.4 cm³/mol. The van der Waals surface area contributed by atoms with Crippen molar-refractivity contribution < 1.29 is 14.3 Å². The van der Waals surface area contributed by atoms with E-state index in [9.17, 15) is 4.79 Å². The maximum atomic E-state index is 12.1. The van der Waals surface area contributed by atoms with E-state index in [2.05, 4.69) is 15.6 Å². The number of hydrogen-bond acceptors (Lipinski definition) is 6. The van der Waals surface area contributed by atoms with Crippen LogP contribution in [-0.4, -0.2) is 35.7 Å². The molecule has 1 aromatic carbocycles. The molecule has 1 atom stereocenters. The second kappa shape index (κ2) is 8.03. The maximum absolute atomic E-state index is 12.1. The summed E-state index contributed by atoms with van der Waals surface area (Å²) in [6, 6.07) is 10.9. The van der Waals surface area contributed by atoms with Crippen molar-refractivity contribution in [2.45, 2.75) is 12.6 Å². The molecule has 3 rings (SSSR count). The van der Waals surface area contributed by atoms with Crippen LogP contribution in [0.25, 0.3) is 0 Å². The van der Waals surface area contributed by atoms with Gasteiger partial charge in [0.15, 0.2) is 0 Å². The molecule has 24 heavy (non-hydrogen) atoms. The van der Waals surface area contributed by atoms with Crippen molar-refractivity contribution in [3.8, 4) is 17.4 Å². The van der Waals surface area contributed by atoms with E-state index in [1.54, 1.807) is 31.1 Å². The predicted octanol–water partition coefficient (Wildman–Crippen LogP) is 2.16. The monoisotopic (exact) mass is 345 g/mol. The molecule has 1 unspecified atom stereocenters. The molecular formula is C17H19N3O3S. The molecular weight excluding hydrogens is 326 g/mol. The van der Waals surface area contributed by atoms with Crippen LogP contribution >= 0.6 is 11.8 Å². The molecule has 2 heterocycles. The highest BCUT2D eigenvalue weighted by Crippen LogP contribution is 2.26. The maximum Gasteiger partial charge on any atom is 0.238 e. The van der Waals surface area contributed by atoms with Crippen molar-refractivity contribution in [3.05, 3.63) is 48.2 Å². The van der Waals surface area contributed by atoms with Gasteiger partial charge in [-0.05, 0) is 18.2 Å². The first kappa shape index (κ1) is 16.6. The molecule has 2 N–H and O–H groups in total. The zero-order chi connectivity index (χ0) is 16.8. The third kappa shape index (κ3) is 4.18. The lowest BCUT2D eigenvalue weighted by molar-refractivity contribution is -0.122. The van der Waals surface area contributed by atoms with E-state index in [1.807, 2.05) is 30.3 Å². The van der Waals surface area contributed by atoms with E-state index in [0.717, 1.165) is 17.2 Å². The number of pyridine rings is 1. The van der Waals surface area contributed by atoms with Gasteiger partial charge in [-0.1, -0.05) is 12.1 Å². The number of hydrogen-bond donors (Lipinski definition) is 2. The lowest BCUT2D eigenvalue weighted by Crippen LogP contribution is -2.41. The summed E-state index contributed by atoms with van der Waals surface area (Å²) in [5.41, 5.74) is 0.819. The van der Waals surface area contributed by atoms with Crippen LogP contribution in [0.15, 0.2) is 42.6 Å². The number of amides is 1. The minimum Gasteiger partial charge on any atom is -0.497 e. The van der Waals surface area contributed by atoms with E-state index in [0.29, 0.717) is 23.9 Å². The Bertz CT molecular complexity index is 705. The summed E-state index contributed by atoms with van der Waals surface area (Å²) in [6.07, 6.45) is 1.66. The van der Waals surface area contributed by atoms with Crippen LogP contribution in [0.2, 0.25) is 0 Å². The van der Waals surface area contributed by atoms with Gasteiger partial charge in [-0.3, -0.25) is 10.1 Å². The second-order valence-electron chi connectivity index (χ2n) is 5.24. The Morgan fingerprint density at radius 3 is 3.04 bits per heavy atom. The fourth-order valence-corrected chi connectivity index (χ4v) is 3.24. The summed E-state index contributed by atoms with van der Waals surface area (Å²) in [6.45, 7) is 0.370. The number of carbonyl (C=O) groups excluding carboxylic acids is 1. The number of ether oxygens (including phenoxy) is 2. The number of thioether (sulfide) groups is 1. The Morgan fingerprint density at radius 1 is 1.38 bits per heavy atom. The third-order valence-electron chi connectivity index (χ3n) is 3.59. The fraction of sp³-hybridized carbons (Fsp3) is 0.294. The average molecular weight is 345 g/mol. The van der Waals surface area contributed by atoms with Gasteiger partial charge in [-0.25, -0.2) is 4.98 Å². The second-order valence-corrected chi connectivity index (χ2v) is 6.27. The number of nitrogens with zero attached hydrogens (tertiary/aromatic N) is 1. The molecule has 1 aliphatic heterocycles. The topological polar surface area (TPSA) is 72.5 Å². The highest BCUT2D eigenvalue weighted by molar-refractivity contribution is 7.99. The van der Waals surface area contributed by atoms with E-state index < -0.39 is 0 Å². The first-order chi connectivity index (χ1) is 11.8. The summed E-state index contributed by atoms with van der Waals surface area (Å²) in [7, 11) is 1.61. The summed E-state index contributed by atoms with van der Waals surface area (Å²) < 4.78 is 11.0. The molecule has 0 saturated carbocycles. The zero-order valence-corrected chi connectivity index (χ0v) is 14.1. The van der Waals surface area contributed by atoms with Crippen LogP contribution in [0.3, 0.4) is 0 Å². The Labute approximate surface area is 145 Å². The van der Waals surface area contributed by atoms with Gasteiger partial charge in [0.05, 0.1) is 13.2 Å². The van der Waals surface area contributed by atoms with Gasteiger partial charge in [-0.2, -0.15) is 0 Å². The summed E-state index contributed by atoms with van der Waals surface area (Å²) in [5, 5.41) is 6.08. The Balaban J connectivity index is 1.67. The quantitative estimate of drug-likeness (QED) is 0.836. The van der Waals surface area contributed by atoms with E-state index in [1.165, 1.54) is 0 Å². The van der Waals surface area contributed by atoms with Gasteiger partial charge in [0.2, 0.25) is 11.8 Å².